The van der Waals surface area contributed by atoms with Crippen molar-refractivity contribution in [3.05, 3.63) is 112 Å². The molecule has 1 aliphatic heterocycles. The van der Waals surface area contributed by atoms with E-state index in [1.165, 1.54) is 0 Å². The zero-order valence-corrected chi connectivity index (χ0v) is 21.5. The van der Waals surface area contributed by atoms with Crippen LogP contribution in [0.5, 0.6) is 5.75 Å². The van der Waals surface area contributed by atoms with Gasteiger partial charge in [-0.1, -0.05) is 80.0 Å². The van der Waals surface area contributed by atoms with E-state index in [-0.39, 0.29) is 18.8 Å². The fourth-order valence-electron chi connectivity index (χ4n) is 3.96. The summed E-state index contributed by atoms with van der Waals surface area (Å²) in [7, 11) is 0. The standard InChI is InChI=1S/C28H29ClO4.C2H6/c1-2-31-24-11-8-20(9-12-24)14-23-15-22(10-13-27(23)29)28-17-25(16-26(18-30)33-28)32-19-21-6-4-3-5-7-21;1-2/h3-13,15-16,25,28,30H,2,14,17-19H2,1H3;1-2H3. The highest BCUT2D eigenvalue weighted by atomic mass is 35.5. The summed E-state index contributed by atoms with van der Waals surface area (Å²) in [6.45, 7) is 6.97. The fraction of sp³-hybridized carbons (Fsp3) is 0.333. The van der Waals surface area contributed by atoms with E-state index in [0.29, 0.717) is 31.8 Å². The van der Waals surface area contributed by atoms with Gasteiger partial charge >= 0.3 is 0 Å². The minimum atomic E-state index is -0.214. The number of ether oxygens (including phenoxy) is 3. The van der Waals surface area contributed by atoms with Crippen LogP contribution in [0.25, 0.3) is 0 Å². The minimum Gasteiger partial charge on any atom is -0.494 e. The van der Waals surface area contributed by atoms with Crippen LogP contribution in [0.2, 0.25) is 5.02 Å². The maximum Gasteiger partial charge on any atom is 0.126 e. The maximum atomic E-state index is 9.73. The Morgan fingerprint density at radius 1 is 0.971 bits per heavy atom. The highest BCUT2D eigenvalue weighted by Gasteiger charge is 2.26. The summed E-state index contributed by atoms with van der Waals surface area (Å²) < 4.78 is 17.7. The lowest BCUT2D eigenvalue weighted by molar-refractivity contribution is -0.0127. The maximum absolute atomic E-state index is 9.73. The molecule has 186 valence electrons. The molecule has 4 nitrogen and oxygen atoms in total. The van der Waals surface area contributed by atoms with E-state index in [1.807, 2.05) is 81.4 Å². The van der Waals surface area contributed by atoms with Gasteiger partial charge in [-0.15, -0.1) is 0 Å². The molecular weight excluding hydrogens is 460 g/mol. The Morgan fingerprint density at radius 3 is 2.40 bits per heavy atom. The Kier molecular flexibility index (Phi) is 10.7. The van der Waals surface area contributed by atoms with Gasteiger partial charge in [0.2, 0.25) is 0 Å². The molecule has 3 aromatic carbocycles. The highest BCUT2D eigenvalue weighted by molar-refractivity contribution is 6.31. The third kappa shape index (κ3) is 7.86. The van der Waals surface area contributed by atoms with Crippen LogP contribution in [-0.2, 0) is 22.5 Å². The molecule has 0 spiro atoms. The molecule has 5 heteroatoms. The van der Waals surface area contributed by atoms with Crippen LogP contribution >= 0.6 is 11.6 Å². The molecule has 0 saturated carbocycles. The van der Waals surface area contributed by atoms with Crippen molar-refractivity contribution in [3.8, 4) is 5.75 Å². The number of rotatable bonds is 9. The van der Waals surface area contributed by atoms with Gasteiger partial charge in [0.25, 0.3) is 0 Å². The molecule has 0 bridgehead atoms. The third-order valence-corrected chi connectivity index (χ3v) is 6.01. The average Bonchev–Trinajstić information content (AvgIpc) is 2.91. The second-order valence-electron chi connectivity index (χ2n) is 8.07. The van der Waals surface area contributed by atoms with Crippen molar-refractivity contribution in [1.29, 1.82) is 0 Å². The largest absolute Gasteiger partial charge is 0.494 e. The summed E-state index contributed by atoms with van der Waals surface area (Å²) in [6.07, 6.45) is 2.89. The predicted octanol–water partition coefficient (Wildman–Crippen LogP) is 7.28. The van der Waals surface area contributed by atoms with Crippen LogP contribution in [0.15, 0.2) is 84.6 Å². The summed E-state index contributed by atoms with van der Waals surface area (Å²) in [5, 5.41) is 10.5. The Balaban J connectivity index is 0.00000167. The first-order chi connectivity index (χ1) is 17.1. The monoisotopic (exact) mass is 494 g/mol. The number of aliphatic hydroxyl groups excluding tert-OH is 1. The number of hydrogen-bond acceptors (Lipinski definition) is 4. The minimum absolute atomic E-state index is 0.142. The van der Waals surface area contributed by atoms with Gasteiger partial charge in [0.05, 0.1) is 19.3 Å². The number of aliphatic hydroxyl groups is 1. The van der Waals surface area contributed by atoms with Crippen molar-refractivity contribution < 1.29 is 19.3 Å². The lowest BCUT2D eigenvalue weighted by Crippen LogP contribution is -2.23. The Morgan fingerprint density at radius 2 is 1.71 bits per heavy atom. The third-order valence-electron chi connectivity index (χ3n) is 5.65. The molecule has 0 saturated heterocycles. The number of hydrogen-bond donors (Lipinski definition) is 1. The first kappa shape index (κ1) is 26.8. The lowest BCUT2D eigenvalue weighted by atomic mass is 9.96. The van der Waals surface area contributed by atoms with Crippen LogP contribution in [0.1, 0.15) is 55.5 Å². The van der Waals surface area contributed by atoms with E-state index in [4.69, 9.17) is 25.8 Å². The van der Waals surface area contributed by atoms with Gasteiger partial charge in [-0.25, -0.2) is 0 Å². The second kappa shape index (κ2) is 13.9. The molecule has 2 unspecified atom stereocenters. The first-order valence-electron chi connectivity index (χ1n) is 12.3. The van der Waals surface area contributed by atoms with Crippen molar-refractivity contribution in [2.24, 2.45) is 0 Å². The average molecular weight is 495 g/mol. The smallest absolute Gasteiger partial charge is 0.126 e. The van der Waals surface area contributed by atoms with Gasteiger partial charge in [-0.05, 0) is 59.9 Å². The van der Waals surface area contributed by atoms with E-state index < -0.39 is 0 Å². The molecule has 1 aliphatic rings. The highest BCUT2D eigenvalue weighted by Crippen LogP contribution is 2.34. The molecule has 4 rings (SSSR count). The van der Waals surface area contributed by atoms with E-state index in [9.17, 15) is 5.11 Å². The molecule has 1 heterocycles. The Hall–Kier alpha value is -2.79. The van der Waals surface area contributed by atoms with Crippen LogP contribution in [0.4, 0.5) is 0 Å². The molecule has 1 N–H and O–H groups in total. The summed E-state index contributed by atoms with van der Waals surface area (Å²) in [5.74, 6) is 1.40. The van der Waals surface area contributed by atoms with E-state index in [2.05, 4.69) is 18.2 Å². The van der Waals surface area contributed by atoms with Crippen molar-refractivity contribution >= 4 is 11.6 Å². The normalized spacial score (nSPS) is 17.0. The summed E-state index contributed by atoms with van der Waals surface area (Å²) in [5.41, 5.74) is 4.32. The van der Waals surface area contributed by atoms with Crippen molar-refractivity contribution in [2.45, 2.75) is 52.4 Å². The van der Waals surface area contributed by atoms with Crippen LogP contribution in [0, 0.1) is 0 Å². The Labute approximate surface area is 214 Å². The van der Waals surface area contributed by atoms with Gasteiger partial charge in [-0.2, -0.15) is 0 Å². The molecule has 3 aromatic rings. The molecule has 2 atom stereocenters. The van der Waals surface area contributed by atoms with Gasteiger partial charge in [0, 0.05) is 11.4 Å². The van der Waals surface area contributed by atoms with Gasteiger partial charge in [-0.3, -0.25) is 0 Å². The molecular formula is C30H35ClO4. The van der Waals surface area contributed by atoms with E-state index >= 15 is 0 Å². The van der Waals surface area contributed by atoms with Gasteiger partial charge in [0.1, 0.15) is 24.2 Å². The lowest BCUT2D eigenvalue weighted by Gasteiger charge is -2.30. The van der Waals surface area contributed by atoms with Crippen molar-refractivity contribution in [3.63, 3.8) is 0 Å². The van der Waals surface area contributed by atoms with Gasteiger partial charge in [0.15, 0.2) is 0 Å². The molecule has 0 fully saturated rings. The van der Waals surface area contributed by atoms with Gasteiger partial charge < -0.3 is 19.3 Å². The molecule has 0 aliphatic carbocycles. The summed E-state index contributed by atoms with van der Waals surface area (Å²) >= 11 is 6.53. The van der Waals surface area contributed by atoms with E-state index in [0.717, 1.165) is 33.0 Å². The molecule has 0 amide bonds. The Bertz CT molecular complexity index is 1060. The van der Waals surface area contributed by atoms with Crippen LogP contribution in [0.3, 0.4) is 0 Å². The van der Waals surface area contributed by atoms with Crippen LogP contribution < -0.4 is 4.74 Å². The number of halogens is 1. The van der Waals surface area contributed by atoms with E-state index in [1.54, 1.807) is 0 Å². The zero-order valence-electron chi connectivity index (χ0n) is 20.7. The quantitative estimate of drug-likeness (QED) is 0.339. The topological polar surface area (TPSA) is 47.9 Å². The molecule has 0 aromatic heterocycles. The molecule has 0 radical (unpaired) electrons. The summed E-state index contributed by atoms with van der Waals surface area (Å²) in [6, 6.07) is 24.2. The zero-order chi connectivity index (χ0) is 25.0. The summed E-state index contributed by atoms with van der Waals surface area (Å²) in [4.78, 5) is 0. The van der Waals surface area contributed by atoms with Crippen molar-refractivity contribution in [1.82, 2.24) is 0 Å². The SMILES string of the molecule is CC.CCOc1ccc(Cc2cc(C3CC(OCc4ccccc4)C=C(CO)O3)ccc2Cl)cc1. The number of benzene rings is 3. The van der Waals surface area contributed by atoms with Crippen molar-refractivity contribution in [2.75, 3.05) is 13.2 Å². The molecule has 35 heavy (non-hydrogen) atoms. The first-order valence-corrected chi connectivity index (χ1v) is 12.7. The van der Waals surface area contributed by atoms with Crippen LogP contribution in [-0.4, -0.2) is 24.4 Å². The second-order valence-corrected chi connectivity index (χ2v) is 8.48. The predicted molar refractivity (Wildman–Crippen MR) is 142 cm³/mol. The fourth-order valence-corrected chi connectivity index (χ4v) is 4.15.